The van der Waals surface area contributed by atoms with Crippen molar-refractivity contribution in [3.8, 4) is 11.5 Å². The summed E-state index contributed by atoms with van der Waals surface area (Å²) in [5.41, 5.74) is 0.984. The molecule has 0 aliphatic carbocycles. The summed E-state index contributed by atoms with van der Waals surface area (Å²) in [5, 5.41) is 6.16. The van der Waals surface area contributed by atoms with E-state index < -0.39 is 0 Å². The van der Waals surface area contributed by atoms with Gasteiger partial charge in [-0.3, -0.25) is 14.4 Å². The molecule has 0 spiro atoms. The number of carbonyl (C=O) groups is 2. The van der Waals surface area contributed by atoms with Crippen LogP contribution in [0.3, 0.4) is 0 Å². The van der Waals surface area contributed by atoms with Gasteiger partial charge in [0.15, 0.2) is 5.16 Å². The molecule has 9 nitrogen and oxygen atoms in total. The number of rotatable bonds is 11. The first-order valence-corrected chi connectivity index (χ1v) is 12.2. The predicted octanol–water partition coefficient (Wildman–Crippen LogP) is 4.04. The summed E-state index contributed by atoms with van der Waals surface area (Å²) < 4.78 is 13.2. The average Bonchev–Trinajstić information content (AvgIpc) is 2.86. The summed E-state index contributed by atoms with van der Waals surface area (Å²) in [5.74, 6) is 0.229. The summed E-state index contributed by atoms with van der Waals surface area (Å²) in [4.78, 5) is 41.0. The number of carbonyl (C=O) groups excluding carboxylic acids is 2. The number of aromatic nitrogens is 2. The second-order valence-electron chi connectivity index (χ2n) is 7.20. The Kier molecular flexibility index (Phi) is 9.31. The summed E-state index contributed by atoms with van der Waals surface area (Å²) in [7, 11) is 0. The van der Waals surface area contributed by atoms with Crippen molar-refractivity contribution in [3.63, 3.8) is 0 Å². The third-order valence-corrected chi connectivity index (χ3v) is 5.75. The minimum atomic E-state index is -0.356. The highest BCUT2D eigenvalue weighted by molar-refractivity contribution is 7.99. The lowest BCUT2D eigenvalue weighted by Crippen LogP contribution is -2.18. The topological polar surface area (TPSA) is 112 Å². The smallest absolute Gasteiger partial charge is 0.273 e. The number of benzene rings is 2. The lowest BCUT2D eigenvalue weighted by Gasteiger charge is -2.18. The number of hydrogen-bond acceptors (Lipinski definition) is 7. The number of aryl methyl sites for hydroxylation is 1. The Labute approximate surface area is 207 Å². The van der Waals surface area contributed by atoms with Gasteiger partial charge in [0.1, 0.15) is 11.5 Å². The molecule has 0 saturated heterocycles. The van der Waals surface area contributed by atoms with E-state index in [1.165, 1.54) is 17.8 Å². The van der Waals surface area contributed by atoms with Gasteiger partial charge in [-0.25, -0.2) is 0 Å². The largest absolute Gasteiger partial charge is 0.492 e. The minimum Gasteiger partial charge on any atom is -0.492 e. The summed E-state index contributed by atoms with van der Waals surface area (Å²) in [6.45, 7) is 6.92. The van der Waals surface area contributed by atoms with Crippen LogP contribution >= 0.6 is 11.8 Å². The molecule has 35 heavy (non-hydrogen) atoms. The summed E-state index contributed by atoms with van der Waals surface area (Å²) in [6.07, 6.45) is 1.65. The number of hydrogen-bond donors (Lipinski definition) is 2. The van der Waals surface area contributed by atoms with Gasteiger partial charge in [0.2, 0.25) is 5.91 Å². The Morgan fingerprint density at radius 3 is 2.17 bits per heavy atom. The zero-order chi connectivity index (χ0) is 25.2. The zero-order valence-electron chi connectivity index (χ0n) is 19.9. The molecule has 2 N–H and O–H groups in total. The molecule has 0 bridgehead atoms. The van der Waals surface area contributed by atoms with E-state index >= 15 is 0 Å². The second-order valence-corrected chi connectivity index (χ2v) is 8.14. The first-order chi connectivity index (χ1) is 16.9. The van der Waals surface area contributed by atoms with E-state index in [0.717, 1.165) is 0 Å². The molecule has 0 saturated carbocycles. The number of anilines is 2. The number of nitrogens with one attached hydrogen (secondary N) is 2. The third-order valence-electron chi connectivity index (χ3n) is 4.76. The lowest BCUT2D eigenvalue weighted by molar-refractivity contribution is -0.113. The summed E-state index contributed by atoms with van der Waals surface area (Å²) in [6, 6.07) is 13.5. The zero-order valence-corrected chi connectivity index (χ0v) is 20.7. The van der Waals surface area contributed by atoms with Crippen molar-refractivity contribution in [2.75, 3.05) is 29.6 Å². The molecule has 0 aliphatic rings. The van der Waals surface area contributed by atoms with Crippen LogP contribution in [0.15, 0.2) is 64.7 Å². The van der Waals surface area contributed by atoms with Crippen LogP contribution in [0.2, 0.25) is 0 Å². The van der Waals surface area contributed by atoms with Crippen molar-refractivity contribution in [1.29, 1.82) is 0 Å². The van der Waals surface area contributed by atoms with Gasteiger partial charge in [-0.15, -0.1) is 0 Å². The maximum absolute atomic E-state index is 12.7. The SMILES string of the molecule is CCOc1cc(NC(=O)c2ccccc2)c(OCC)cc1NC(=O)CSc1nc(=O)ccn1CC. The number of amides is 2. The first kappa shape index (κ1) is 25.8. The Hall–Kier alpha value is -3.79. The van der Waals surface area contributed by atoms with E-state index in [0.29, 0.717) is 53.4 Å². The number of ether oxygens (including phenoxy) is 2. The van der Waals surface area contributed by atoms with E-state index in [1.54, 1.807) is 47.2 Å². The van der Waals surface area contributed by atoms with Crippen molar-refractivity contribution >= 4 is 35.0 Å². The molecule has 0 atom stereocenters. The van der Waals surface area contributed by atoms with Gasteiger partial charge < -0.3 is 24.7 Å². The molecule has 1 aromatic heterocycles. The van der Waals surface area contributed by atoms with Crippen LogP contribution in [-0.4, -0.2) is 40.3 Å². The van der Waals surface area contributed by atoms with Gasteiger partial charge in [0.25, 0.3) is 11.5 Å². The molecule has 184 valence electrons. The third kappa shape index (κ3) is 7.10. The van der Waals surface area contributed by atoms with E-state index in [-0.39, 0.29) is 23.1 Å². The molecular weight excluding hydrogens is 468 g/mol. The molecule has 2 aromatic carbocycles. The Bertz CT molecular complexity index is 1230. The summed E-state index contributed by atoms with van der Waals surface area (Å²) >= 11 is 1.17. The quantitative estimate of drug-likeness (QED) is 0.304. The van der Waals surface area contributed by atoms with Gasteiger partial charge in [0.05, 0.1) is 30.3 Å². The van der Waals surface area contributed by atoms with E-state index in [1.807, 2.05) is 26.8 Å². The molecule has 0 aliphatic heterocycles. The van der Waals surface area contributed by atoms with Gasteiger partial charge >= 0.3 is 0 Å². The van der Waals surface area contributed by atoms with Crippen LogP contribution in [0, 0.1) is 0 Å². The fraction of sp³-hybridized carbons (Fsp3) is 0.280. The highest BCUT2D eigenvalue weighted by Crippen LogP contribution is 2.37. The van der Waals surface area contributed by atoms with Crippen molar-refractivity contribution < 1.29 is 19.1 Å². The number of nitrogens with zero attached hydrogens (tertiary/aromatic N) is 2. The van der Waals surface area contributed by atoms with E-state index in [9.17, 15) is 14.4 Å². The monoisotopic (exact) mass is 496 g/mol. The van der Waals surface area contributed by atoms with Gasteiger partial charge in [-0.2, -0.15) is 4.98 Å². The molecule has 0 fully saturated rings. The molecule has 3 rings (SSSR count). The normalized spacial score (nSPS) is 10.5. The predicted molar refractivity (Wildman–Crippen MR) is 137 cm³/mol. The van der Waals surface area contributed by atoms with Crippen molar-refractivity contribution in [3.05, 3.63) is 70.6 Å². The first-order valence-electron chi connectivity index (χ1n) is 11.2. The van der Waals surface area contributed by atoms with Crippen LogP contribution in [-0.2, 0) is 11.3 Å². The highest BCUT2D eigenvalue weighted by atomic mass is 32.2. The fourth-order valence-corrected chi connectivity index (χ4v) is 4.02. The fourth-order valence-electron chi connectivity index (χ4n) is 3.17. The Balaban J connectivity index is 1.81. The number of thioether (sulfide) groups is 1. The molecular formula is C25H28N4O5S. The molecule has 2 amide bonds. The molecule has 3 aromatic rings. The van der Waals surface area contributed by atoms with Gasteiger partial charge in [-0.1, -0.05) is 30.0 Å². The van der Waals surface area contributed by atoms with Crippen molar-refractivity contribution in [1.82, 2.24) is 9.55 Å². The Morgan fingerprint density at radius 1 is 0.943 bits per heavy atom. The van der Waals surface area contributed by atoms with Gasteiger partial charge in [-0.05, 0) is 32.9 Å². The van der Waals surface area contributed by atoms with Gasteiger partial charge in [0, 0.05) is 36.5 Å². The van der Waals surface area contributed by atoms with Crippen molar-refractivity contribution in [2.24, 2.45) is 0 Å². The maximum atomic E-state index is 12.7. The molecule has 1 heterocycles. The van der Waals surface area contributed by atoms with Crippen LogP contribution < -0.4 is 25.7 Å². The average molecular weight is 497 g/mol. The van der Waals surface area contributed by atoms with Crippen LogP contribution in [0.1, 0.15) is 31.1 Å². The molecule has 0 unspecified atom stereocenters. The molecule has 10 heteroatoms. The molecule has 0 radical (unpaired) electrons. The minimum absolute atomic E-state index is 0.0402. The van der Waals surface area contributed by atoms with Crippen molar-refractivity contribution in [2.45, 2.75) is 32.5 Å². The lowest BCUT2D eigenvalue weighted by atomic mass is 10.2. The van der Waals surface area contributed by atoms with E-state index in [4.69, 9.17) is 9.47 Å². The Morgan fingerprint density at radius 2 is 1.57 bits per heavy atom. The standard InChI is InChI=1S/C25H28N4O5S/c1-4-29-13-12-22(30)28-25(29)35-16-23(31)26-18-14-21(34-6-3)19(15-20(18)33-5-2)27-24(32)17-10-8-7-9-11-17/h7-15H,4-6,16H2,1-3H3,(H,26,31)(H,27,32). The highest BCUT2D eigenvalue weighted by Gasteiger charge is 2.17. The maximum Gasteiger partial charge on any atom is 0.273 e. The second kappa shape index (κ2) is 12.6. The van der Waals surface area contributed by atoms with Crippen LogP contribution in [0.5, 0.6) is 11.5 Å². The van der Waals surface area contributed by atoms with Crippen LogP contribution in [0.4, 0.5) is 11.4 Å². The van der Waals surface area contributed by atoms with E-state index in [2.05, 4.69) is 15.6 Å². The van der Waals surface area contributed by atoms with Crippen LogP contribution in [0.25, 0.3) is 0 Å².